The van der Waals surface area contributed by atoms with Crippen LogP contribution < -0.4 is 10.2 Å². The first-order chi connectivity index (χ1) is 12.2. The smallest absolute Gasteiger partial charge is 0.253 e. The Balaban J connectivity index is 1.54. The van der Waals surface area contributed by atoms with Gasteiger partial charge in [0.25, 0.3) is 5.91 Å². The molecule has 1 amide bonds. The predicted molar refractivity (Wildman–Crippen MR) is 98.2 cm³/mol. The van der Waals surface area contributed by atoms with Crippen molar-refractivity contribution in [1.29, 1.82) is 0 Å². The predicted octanol–water partition coefficient (Wildman–Crippen LogP) is 2.81. The number of pyridine rings is 1. The number of aromatic nitrogens is 1. The summed E-state index contributed by atoms with van der Waals surface area (Å²) in [7, 11) is 0. The fourth-order valence-corrected chi connectivity index (χ4v) is 3.08. The second kappa shape index (κ2) is 8.62. The van der Waals surface area contributed by atoms with Gasteiger partial charge in [0, 0.05) is 25.8 Å². The summed E-state index contributed by atoms with van der Waals surface area (Å²) in [6.07, 6.45) is 5.68. The van der Waals surface area contributed by atoms with Crippen LogP contribution in [0.5, 0.6) is 0 Å². The molecular formula is C20H25N3O2. The number of hydrogen-bond donors (Lipinski definition) is 2. The molecule has 0 radical (unpaired) electrons. The van der Waals surface area contributed by atoms with Gasteiger partial charge in [-0.25, -0.2) is 4.98 Å². The molecule has 2 heterocycles. The summed E-state index contributed by atoms with van der Waals surface area (Å²) in [5, 5.41) is 12.8. The molecule has 1 atom stereocenters. The minimum atomic E-state index is -1.15. The molecule has 5 heteroatoms. The van der Waals surface area contributed by atoms with Crippen LogP contribution in [-0.4, -0.2) is 29.1 Å². The summed E-state index contributed by atoms with van der Waals surface area (Å²) in [6, 6.07) is 12.9. The summed E-state index contributed by atoms with van der Waals surface area (Å²) in [5.74, 6) is 0.601. The van der Waals surface area contributed by atoms with E-state index in [0.717, 1.165) is 24.5 Å². The molecule has 3 rings (SSSR count). The van der Waals surface area contributed by atoms with Gasteiger partial charge in [0.05, 0.1) is 0 Å². The molecule has 1 saturated heterocycles. The number of nitrogens with one attached hydrogen (secondary N) is 1. The van der Waals surface area contributed by atoms with Crippen LogP contribution >= 0.6 is 0 Å². The third-order valence-electron chi connectivity index (χ3n) is 4.57. The quantitative estimate of drug-likeness (QED) is 0.879. The van der Waals surface area contributed by atoms with Crippen molar-refractivity contribution in [2.45, 2.75) is 38.3 Å². The maximum atomic E-state index is 12.1. The number of benzene rings is 1. The first-order valence-corrected chi connectivity index (χ1v) is 8.94. The lowest BCUT2D eigenvalue weighted by Crippen LogP contribution is -2.29. The lowest BCUT2D eigenvalue weighted by atomic mass is 10.1. The molecule has 1 aromatic carbocycles. The van der Waals surface area contributed by atoms with Gasteiger partial charge in [0.15, 0.2) is 6.10 Å². The van der Waals surface area contributed by atoms with Crippen LogP contribution in [-0.2, 0) is 11.3 Å². The molecule has 2 aromatic rings. The number of nitrogens with zero attached hydrogens (tertiary/aromatic N) is 2. The van der Waals surface area contributed by atoms with E-state index in [9.17, 15) is 9.90 Å². The number of hydrogen-bond acceptors (Lipinski definition) is 4. The first-order valence-electron chi connectivity index (χ1n) is 8.94. The van der Waals surface area contributed by atoms with Gasteiger partial charge in [-0.1, -0.05) is 49.2 Å². The van der Waals surface area contributed by atoms with Crippen LogP contribution in [0.25, 0.3) is 0 Å². The van der Waals surface area contributed by atoms with Crippen molar-refractivity contribution in [3.63, 3.8) is 0 Å². The molecule has 0 saturated carbocycles. The van der Waals surface area contributed by atoms with E-state index in [1.54, 1.807) is 30.5 Å². The van der Waals surface area contributed by atoms with Crippen molar-refractivity contribution in [1.82, 2.24) is 10.3 Å². The largest absolute Gasteiger partial charge is 0.378 e. The molecular weight excluding hydrogens is 314 g/mol. The van der Waals surface area contributed by atoms with Crippen LogP contribution in [0.1, 0.15) is 42.9 Å². The van der Waals surface area contributed by atoms with E-state index in [-0.39, 0.29) is 0 Å². The van der Waals surface area contributed by atoms with Gasteiger partial charge >= 0.3 is 0 Å². The number of amides is 1. The Morgan fingerprint density at radius 3 is 2.44 bits per heavy atom. The van der Waals surface area contributed by atoms with Crippen LogP contribution in [0.15, 0.2) is 48.7 Å². The van der Waals surface area contributed by atoms with Crippen LogP contribution in [0.3, 0.4) is 0 Å². The van der Waals surface area contributed by atoms with Gasteiger partial charge < -0.3 is 15.3 Å². The molecule has 132 valence electrons. The standard InChI is InChI=1S/C20H25N3O2/c24-19(17-8-4-3-5-9-17)20(25)22-15-16-10-11-18(21-14-16)23-12-6-1-2-7-13-23/h3-5,8-11,14,19,24H,1-2,6-7,12-13,15H2,(H,22,25). The van der Waals surface area contributed by atoms with Crippen molar-refractivity contribution < 1.29 is 9.90 Å². The minimum Gasteiger partial charge on any atom is -0.378 e. The maximum absolute atomic E-state index is 12.1. The van der Waals surface area contributed by atoms with Gasteiger partial charge in [0.1, 0.15) is 5.82 Å². The molecule has 1 unspecified atom stereocenters. The van der Waals surface area contributed by atoms with E-state index in [1.165, 1.54) is 25.7 Å². The van der Waals surface area contributed by atoms with E-state index in [0.29, 0.717) is 12.1 Å². The number of carbonyl (C=O) groups excluding carboxylic acids is 1. The molecule has 2 N–H and O–H groups in total. The zero-order valence-corrected chi connectivity index (χ0v) is 14.4. The highest BCUT2D eigenvalue weighted by Crippen LogP contribution is 2.17. The van der Waals surface area contributed by atoms with Crippen LogP contribution in [0.2, 0.25) is 0 Å². The molecule has 1 aliphatic rings. The van der Waals surface area contributed by atoms with Gasteiger partial charge in [-0.05, 0) is 30.0 Å². The minimum absolute atomic E-state index is 0.357. The fraction of sp³-hybridized carbons (Fsp3) is 0.400. The number of aliphatic hydroxyl groups excluding tert-OH is 1. The van der Waals surface area contributed by atoms with E-state index >= 15 is 0 Å². The molecule has 5 nitrogen and oxygen atoms in total. The highest BCUT2D eigenvalue weighted by atomic mass is 16.3. The maximum Gasteiger partial charge on any atom is 0.253 e. The molecule has 0 aliphatic carbocycles. The third-order valence-corrected chi connectivity index (χ3v) is 4.57. The average molecular weight is 339 g/mol. The van der Waals surface area contributed by atoms with Crippen molar-refractivity contribution in [3.05, 3.63) is 59.8 Å². The average Bonchev–Trinajstić information content (AvgIpc) is 2.96. The molecule has 25 heavy (non-hydrogen) atoms. The highest BCUT2D eigenvalue weighted by Gasteiger charge is 2.16. The summed E-state index contributed by atoms with van der Waals surface area (Å²) in [5.41, 5.74) is 1.52. The Morgan fingerprint density at radius 1 is 1.08 bits per heavy atom. The Labute approximate surface area is 148 Å². The summed E-state index contributed by atoms with van der Waals surface area (Å²) < 4.78 is 0. The lowest BCUT2D eigenvalue weighted by Gasteiger charge is -2.21. The zero-order valence-electron chi connectivity index (χ0n) is 14.4. The van der Waals surface area contributed by atoms with Crippen LogP contribution in [0, 0.1) is 0 Å². The van der Waals surface area contributed by atoms with E-state index in [1.807, 2.05) is 18.2 Å². The van der Waals surface area contributed by atoms with Crippen molar-refractivity contribution in [2.75, 3.05) is 18.0 Å². The normalized spacial score (nSPS) is 16.1. The van der Waals surface area contributed by atoms with E-state index in [4.69, 9.17) is 0 Å². The second-order valence-corrected chi connectivity index (χ2v) is 6.46. The monoisotopic (exact) mass is 339 g/mol. The number of carbonyl (C=O) groups is 1. The SMILES string of the molecule is O=C(NCc1ccc(N2CCCCCC2)nc1)C(O)c1ccccc1. The summed E-state index contributed by atoms with van der Waals surface area (Å²) >= 11 is 0. The Hall–Kier alpha value is -2.40. The second-order valence-electron chi connectivity index (χ2n) is 6.46. The van der Waals surface area contributed by atoms with Gasteiger partial charge in [-0.3, -0.25) is 4.79 Å². The Kier molecular flexibility index (Phi) is 6.01. The summed E-state index contributed by atoms with van der Waals surface area (Å²) in [6.45, 7) is 2.48. The van der Waals surface area contributed by atoms with Crippen molar-refractivity contribution in [3.8, 4) is 0 Å². The van der Waals surface area contributed by atoms with Crippen molar-refractivity contribution in [2.24, 2.45) is 0 Å². The molecule has 0 bridgehead atoms. The van der Waals surface area contributed by atoms with Gasteiger partial charge in [0.2, 0.25) is 0 Å². The fourth-order valence-electron chi connectivity index (χ4n) is 3.08. The number of aliphatic hydroxyl groups is 1. The molecule has 1 aromatic heterocycles. The molecule has 1 aliphatic heterocycles. The topological polar surface area (TPSA) is 65.5 Å². The zero-order chi connectivity index (χ0) is 17.5. The lowest BCUT2D eigenvalue weighted by molar-refractivity contribution is -0.129. The Bertz CT molecular complexity index is 665. The number of rotatable bonds is 5. The van der Waals surface area contributed by atoms with Crippen molar-refractivity contribution >= 4 is 11.7 Å². The molecule has 1 fully saturated rings. The third kappa shape index (κ3) is 4.79. The first kappa shape index (κ1) is 17.4. The number of anilines is 1. The van der Waals surface area contributed by atoms with E-state index < -0.39 is 12.0 Å². The van der Waals surface area contributed by atoms with Gasteiger partial charge in [-0.2, -0.15) is 0 Å². The van der Waals surface area contributed by atoms with E-state index in [2.05, 4.69) is 15.2 Å². The summed E-state index contributed by atoms with van der Waals surface area (Å²) in [4.78, 5) is 18.9. The van der Waals surface area contributed by atoms with Gasteiger partial charge in [-0.15, -0.1) is 0 Å². The Morgan fingerprint density at radius 2 is 1.80 bits per heavy atom. The highest BCUT2D eigenvalue weighted by molar-refractivity contribution is 5.81. The molecule has 0 spiro atoms. The van der Waals surface area contributed by atoms with Crippen LogP contribution in [0.4, 0.5) is 5.82 Å².